The van der Waals surface area contributed by atoms with Crippen LogP contribution in [-0.2, 0) is 9.53 Å². The normalized spacial score (nSPS) is 10.7. The zero-order valence-corrected chi connectivity index (χ0v) is 21.8. The number of carbonyl (C=O) groups is 1. The standard InChI is InChI=1S/C17H15FN2O2.C14H9FN2O2/c1-22-16(21)10-19-15-9-13(18)7-12-8-14(20-17(12)15)11-5-3-2-4-6-11;15-11-6-10-7-12(9-4-2-1-3-5-9)16-14(10)13(8-11)17(18)19/h2-9,19-20H,10H2,1H3;1-8,16H. The van der Waals surface area contributed by atoms with Gasteiger partial charge in [-0.15, -0.1) is 0 Å². The molecule has 41 heavy (non-hydrogen) atoms. The Morgan fingerprint density at radius 1 is 0.805 bits per heavy atom. The molecule has 0 fully saturated rings. The van der Waals surface area contributed by atoms with Crippen molar-refractivity contribution < 1.29 is 23.2 Å². The molecule has 0 saturated heterocycles. The van der Waals surface area contributed by atoms with Gasteiger partial charge < -0.3 is 20.0 Å². The lowest BCUT2D eigenvalue weighted by atomic mass is 10.1. The summed E-state index contributed by atoms with van der Waals surface area (Å²) < 4.78 is 31.7. The van der Waals surface area contributed by atoms with Gasteiger partial charge in [0.15, 0.2) is 0 Å². The van der Waals surface area contributed by atoms with E-state index in [0.717, 1.165) is 39.5 Å². The van der Waals surface area contributed by atoms with E-state index in [1.165, 1.54) is 25.3 Å². The third-order valence-corrected chi connectivity index (χ3v) is 6.38. The van der Waals surface area contributed by atoms with Crippen molar-refractivity contribution in [3.05, 3.63) is 119 Å². The van der Waals surface area contributed by atoms with E-state index in [1.54, 1.807) is 6.07 Å². The average molecular weight is 555 g/mol. The number of methoxy groups -OCH3 is 1. The Labute approximate surface area is 232 Å². The van der Waals surface area contributed by atoms with Crippen LogP contribution in [-0.4, -0.2) is 34.5 Å². The summed E-state index contributed by atoms with van der Waals surface area (Å²) in [6.07, 6.45) is 0. The molecule has 0 aliphatic heterocycles. The van der Waals surface area contributed by atoms with E-state index in [1.807, 2.05) is 66.7 Å². The summed E-state index contributed by atoms with van der Waals surface area (Å²) in [6.45, 7) is -0.0191. The number of esters is 1. The molecule has 0 amide bonds. The number of nitrogens with one attached hydrogen (secondary N) is 3. The number of nitrogens with zero attached hydrogens (tertiary/aromatic N) is 1. The number of halogens is 2. The van der Waals surface area contributed by atoms with Gasteiger partial charge in [0.05, 0.1) is 29.3 Å². The number of rotatable bonds is 6. The van der Waals surface area contributed by atoms with Crippen molar-refractivity contribution in [1.82, 2.24) is 9.97 Å². The van der Waals surface area contributed by atoms with E-state index in [-0.39, 0.29) is 18.0 Å². The number of aromatic nitrogens is 2. The molecule has 2 aromatic heterocycles. The number of fused-ring (bicyclic) bond motifs is 2. The highest BCUT2D eigenvalue weighted by Crippen LogP contribution is 2.31. The Morgan fingerprint density at radius 3 is 1.85 bits per heavy atom. The molecule has 206 valence electrons. The second-order valence-corrected chi connectivity index (χ2v) is 9.09. The smallest absolute Gasteiger partial charge is 0.325 e. The zero-order chi connectivity index (χ0) is 28.9. The summed E-state index contributed by atoms with van der Waals surface area (Å²) >= 11 is 0. The second-order valence-electron chi connectivity index (χ2n) is 9.09. The average Bonchev–Trinajstić information content (AvgIpc) is 3.61. The summed E-state index contributed by atoms with van der Waals surface area (Å²) in [4.78, 5) is 27.8. The first-order valence-corrected chi connectivity index (χ1v) is 12.5. The first-order valence-electron chi connectivity index (χ1n) is 12.5. The molecular formula is C31H24F2N4O4. The third-order valence-electron chi connectivity index (χ3n) is 6.38. The minimum absolute atomic E-state index is 0.0191. The van der Waals surface area contributed by atoms with E-state index in [0.29, 0.717) is 16.6 Å². The maximum Gasteiger partial charge on any atom is 0.325 e. The fraction of sp³-hybridized carbons (Fsp3) is 0.0645. The van der Waals surface area contributed by atoms with Crippen LogP contribution < -0.4 is 5.32 Å². The minimum atomic E-state index is -0.613. The van der Waals surface area contributed by atoms with E-state index >= 15 is 0 Å². The van der Waals surface area contributed by atoms with Crippen LogP contribution in [0, 0.1) is 21.7 Å². The third kappa shape index (κ3) is 6.06. The van der Waals surface area contributed by atoms with Gasteiger partial charge in [-0.2, -0.15) is 0 Å². The maximum absolute atomic E-state index is 13.7. The molecule has 0 unspecified atom stereocenters. The van der Waals surface area contributed by atoms with Crippen molar-refractivity contribution in [3.8, 4) is 22.5 Å². The van der Waals surface area contributed by atoms with Crippen molar-refractivity contribution in [1.29, 1.82) is 0 Å². The Morgan fingerprint density at radius 2 is 1.32 bits per heavy atom. The summed E-state index contributed by atoms with van der Waals surface area (Å²) in [7, 11) is 1.31. The molecular weight excluding hydrogens is 530 g/mol. The van der Waals surface area contributed by atoms with Crippen LogP contribution in [0.3, 0.4) is 0 Å². The van der Waals surface area contributed by atoms with Crippen LogP contribution in [0.25, 0.3) is 44.3 Å². The number of ether oxygens (including phenoxy) is 1. The number of aromatic amines is 2. The summed E-state index contributed by atoms with van der Waals surface area (Å²) in [5.41, 5.74) is 4.90. The number of non-ortho nitro benzene ring substituents is 1. The SMILES string of the molecule is COC(=O)CNc1cc(F)cc2cc(-c3ccccc3)[nH]c12.O=[N+]([O-])c1cc(F)cc2cc(-c3ccccc3)[nH]c12. The van der Waals surface area contributed by atoms with Crippen molar-refractivity contribution in [2.24, 2.45) is 0 Å². The van der Waals surface area contributed by atoms with Crippen molar-refractivity contribution in [2.75, 3.05) is 19.0 Å². The number of benzene rings is 4. The molecule has 0 bridgehead atoms. The maximum atomic E-state index is 13.7. The molecule has 6 rings (SSSR count). The molecule has 0 atom stereocenters. The highest BCUT2D eigenvalue weighted by molar-refractivity contribution is 5.96. The quantitative estimate of drug-likeness (QED) is 0.113. The number of nitro benzene ring substituents is 1. The van der Waals surface area contributed by atoms with Crippen LogP contribution >= 0.6 is 0 Å². The Bertz CT molecular complexity index is 1850. The van der Waals surface area contributed by atoms with Gasteiger partial charge in [-0.1, -0.05) is 60.7 Å². The largest absolute Gasteiger partial charge is 0.468 e. The van der Waals surface area contributed by atoms with Crippen LogP contribution in [0.1, 0.15) is 0 Å². The molecule has 4 aromatic carbocycles. The van der Waals surface area contributed by atoms with Gasteiger partial charge in [0, 0.05) is 22.2 Å². The molecule has 0 saturated carbocycles. The van der Waals surface area contributed by atoms with Gasteiger partial charge >= 0.3 is 5.97 Å². The number of hydrogen-bond acceptors (Lipinski definition) is 5. The van der Waals surface area contributed by atoms with E-state index in [9.17, 15) is 23.7 Å². The molecule has 0 aliphatic rings. The van der Waals surface area contributed by atoms with Crippen LogP contribution in [0.4, 0.5) is 20.2 Å². The Balaban J connectivity index is 0.000000166. The molecule has 0 spiro atoms. The Kier molecular flexibility index (Phi) is 7.73. The first-order chi connectivity index (χ1) is 19.8. The predicted octanol–water partition coefficient (Wildman–Crippen LogP) is 7.44. The molecule has 10 heteroatoms. The Hall–Kier alpha value is -5.51. The van der Waals surface area contributed by atoms with Crippen LogP contribution in [0.2, 0.25) is 0 Å². The molecule has 3 N–H and O–H groups in total. The molecule has 0 aliphatic carbocycles. The number of carbonyl (C=O) groups excluding carboxylic acids is 1. The van der Waals surface area contributed by atoms with Gasteiger partial charge in [0.1, 0.15) is 23.7 Å². The molecule has 2 heterocycles. The van der Waals surface area contributed by atoms with E-state index in [4.69, 9.17) is 0 Å². The topological polar surface area (TPSA) is 113 Å². The summed E-state index contributed by atoms with van der Waals surface area (Å²) in [5, 5.41) is 15.1. The first kappa shape index (κ1) is 27.1. The van der Waals surface area contributed by atoms with E-state index < -0.39 is 16.7 Å². The summed E-state index contributed by atoms with van der Waals surface area (Å²) in [5.74, 6) is -1.39. The van der Waals surface area contributed by atoms with E-state index in [2.05, 4.69) is 20.0 Å². The highest BCUT2D eigenvalue weighted by Gasteiger charge is 2.17. The molecule has 6 aromatic rings. The van der Waals surface area contributed by atoms with Gasteiger partial charge in [-0.05, 0) is 41.5 Å². The van der Waals surface area contributed by atoms with Crippen molar-refractivity contribution in [3.63, 3.8) is 0 Å². The zero-order valence-electron chi connectivity index (χ0n) is 21.8. The monoisotopic (exact) mass is 554 g/mol. The highest BCUT2D eigenvalue weighted by atomic mass is 19.1. The van der Waals surface area contributed by atoms with Crippen LogP contribution in [0.15, 0.2) is 97.1 Å². The molecule has 0 radical (unpaired) electrons. The van der Waals surface area contributed by atoms with Crippen molar-refractivity contribution in [2.45, 2.75) is 0 Å². The minimum Gasteiger partial charge on any atom is -0.468 e. The molecule has 8 nitrogen and oxygen atoms in total. The second kappa shape index (κ2) is 11.7. The van der Waals surface area contributed by atoms with Gasteiger partial charge in [0.2, 0.25) is 0 Å². The predicted molar refractivity (Wildman–Crippen MR) is 155 cm³/mol. The summed E-state index contributed by atoms with van der Waals surface area (Å²) in [6, 6.07) is 27.8. The lowest BCUT2D eigenvalue weighted by Crippen LogP contribution is -2.15. The van der Waals surface area contributed by atoms with Gasteiger partial charge in [-0.3, -0.25) is 14.9 Å². The van der Waals surface area contributed by atoms with Crippen molar-refractivity contribution >= 4 is 39.1 Å². The van der Waals surface area contributed by atoms with Crippen LogP contribution in [0.5, 0.6) is 0 Å². The number of hydrogen-bond donors (Lipinski definition) is 3. The van der Waals surface area contributed by atoms with Gasteiger partial charge in [-0.25, -0.2) is 8.78 Å². The number of anilines is 1. The van der Waals surface area contributed by atoms with Gasteiger partial charge in [0.25, 0.3) is 5.69 Å². The fourth-order valence-electron chi connectivity index (χ4n) is 4.47. The fourth-order valence-corrected chi connectivity index (χ4v) is 4.47. The lowest BCUT2D eigenvalue weighted by molar-refractivity contribution is -0.383. The lowest BCUT2D eigenvalue weighted by Gasteiger charge is -2.06. The number of nitro groups is 1. The number of H-pyrrole nitrogens is 2.